The van der Waals surface area contributed by atoms with Crippen LogP contribution in [0.1, 0.15) is 41.8 Å². The van der Waals surface area contributed by atoms with Gasteiger partial charge in [0.15, 0.2) is 0 Å². The topological polar surface area (TPSA) is 22.1 Å². The van der Waals surface area contributed by atoms with Crippen LogP contribution in [0.5, 0.6) is 5.75 Å². The smallest absolute Gasteiger partial charge is 0.120 e. The van der Waals surface area contributed by atoms with Crippen LogP contribution in [0.4, 0.5) is 0 Å². The first-order chi connectivity index (χ1) is 15.6. The summed E-state index contributed by atoms with van der Waals surface area (Å²) in [6.07, 6.45) is 2.01. The van der Waals surface area contributed by atoms with Crippen molar-refractivity contribution in [1.82, 2.24) is 4.98 Å². The van der Waals surface area contributed by atoms with Gasteiger partial charge in [-0.25, -0.2) is 0 Å². The van der Waals surface area contributed by atoms with Crippen LogP contribution in [-0.2, 0) is 19.4 Å². The maximum atomic E-state index is 6.21. The summed E-state index contributed by atoms with van der Waals surface area (Å²) < 4.78 is 6.21. The Morgan fingerprint density at radius 1 is 0.719 bits per heavy atom. The molecule has 2 nitrogen and oxygen atoms in total. The lowest BCUT2D eigenvalue weighted by atomic mass is 9.93. The molecule has 0 fully saturated rings. The molecule has 0 spiro atoms. The summed E-state index contributed by atoms with van der Waals surface area (Å²) in [6.45, 7) is 9.19. The molecular formula is C30H31NO. The Hall–Kier alpha value is -3.39. The number of aromatic nitrogens is 1. The number of hydrogen-bond donors (Lipinski definition) is 0. The Balaban J connectivity index is 1.60. The summed E-state index contributed by atoms with van der Waals surface area (Å²) in [7, 11) is 0. The van der Waals surface area contributed by atoms with Gasteiger partial charge < -0.3 is 4.74 Å². The van der Waals surface area contributed by atoms with E-state index in [2.05, 4.69) is 88.4 Å². The largest absolute Gasteiger partial charge is 0.489 e. The van der Waals surface area contributed by atoms with Crippen molar-refractivity contribution in [2.45, 2.75) is 47.1 Å². The van der Waals surface area contributed by atoms with Gasteiger partial charge in [0.2, 0.25) is 0 Å². The fraction of sp³-hybridized carbons (Fsp3) is 0.233. The number of benzene rings is 3. The maximum Gasteiger partial charge on any atom is 0.120 e. The average Bonchev–Trinajstić information content (AvgIpc) is 2.83. The van der Waals surface area contributed by atoms with Gasteiger partial charge in [-0.2, -0.15) is 0 Å². The Morgan fingerprint density at radius 2 is 1.38 bits per heavy atom. The Bertz CT molecular complexity index is 1170. The molecular weight excluding hydrogens is 390 g/mol. The third kappa shape index (κ3) is 4.60. The van der Waals surface area contributed by atoms with E-state index in [9.17, 15) is 0 Å². The predicted octanol–water partition coefficient (Wildman–Crippen LogP) is 7.74. The van der Waals surface area contributed by atoms with E-state index in [-0.39, 0.29) is 0 Å². The zero-order valence-corrected chi connectivity index (χ0v) is 19.5. The quantitative estimate of drug-likeness (QED) is 0.304. The van der Waals surface area contributed by atoms with Crippen LogP contribution in [0, 0.1) is 13.8 Å². The minimum Gasteiger partial charge on any atom is -0.489 e. The molecule has 0 atom stereocenters. The van der Waals surface area contributed by atoms with E-state index in [1.807, 2.05) is 18.2 Å². The van der Waals surface area contributed by atoms with Crippen molar-refractivity contribution in [2.75, 3.05) is 0 Å². The van der Waals surface area contributed by atoms with Gasteiger partial charge in [-0.1, -0.05) is 74.5 Å². The van der Waals surface area contributed by atoms with Crippen LogP contribution in [-0.4, -0.2) is 4.98 Å². The van der Waals surface area contributed by atoms with Crippen LogP contribution in [0.25, 0.3) is 22.4 Å². The van der Waals surface area contributed by atoms with E-state index < -0.39 is 0 Å². The standard InChI is InChI=1S/C30H31NO/c1-5-23-14-10-15-24(6-2)30(23)29-18-21(3)28(22(4)31-29)20-32-27-17-11-16-26(19-27)25-12-8-7-9-13-25/h7-19H,5-6,20H2,1-4H3. The van der Waals surface area contributed by atoms with Crippen molar-refractivity contribution < 1.29 is 4.74 Å². The molecule has 0 unspecified atom stereocenters. The highest BCUT2D eigenvalue weighted by molar-refractivity contribution is 5.69. The highest BCUT2D eigenvalue weighted by Crippen LogP contribution is 2.30. The summed E-state index contributed by atoms with van der Waals surface area (Å²) >= 11 is 0. The Labute approximate surface area is 191 Å². The lowest BCUT2D eigenvalue weighted by Crippen LogP contribution is -2.05. The molecule has 4 aromatic rings. The zero-order chi connectivity index (χ0) is 22.5. The van der Waals surface area contributed by atoms with Gasteiger partial charge in [-0.15, -0.1) is 0 Å². The minimum absolute atomic E-state index is 0.513. The second-order valence-corrected chi connectivity index (χ2v) is 8.23. The molecule has 0 bridgehead atoms. The molecule has 0 saturated heterocycles. The summed E-state index contributed by atoms with van der Waals surface area (Å²) in [5.74, 6) is 0.874. The third-order valence-corrected chi connectivity index (χ3v) is 6.13. The van der Waals surface area contributed by atoms with Crippen molar-refractivity contribution in [3.8, 4) is 28.1 Å². The summed E-state index contributed by atoms with van der Waals surface area (Å²) in [5.41, 5.74) is 10.9. The van der Waals surface area contributed by atoms with Crippen LogP contribution >= 0.6 is 0 Å². The first-order valence-corrected chi connectivity index (χ1v) is 11.5. The van der Waals surface area contributed by atoms with Gasteiger partial charge in [0.05, 0.1) is 5.69 Å². The molecule has 0 amide bonds. The van der Waals surface area contributed by atoms with Crippen LogP contribution in [0.15, 0.2) is 78.9 Å². The van der Waals surface area contributed by atoms with E-state index in [0.717, 1.165) is 41.1 Å². The molecule has 1 heterocycles. The number of pyridine rings is 1. The van der Waals surface area contributed by atoms with Gasteiger partial charge in [-0.3, -0.25) is 4.98 Å². The summed E-state index contributed by atoms with van der Waals surface area (Å²) in [4.78, 5) is 5.02. The number of ether oxygens (including phenoxy) is 1. The number of aryl methyl sites for hydroxylation is 4. The molecule has 0 saturated carbocycles. The lowest BCUT2D eigenvalue weighted by molar-refractivity contribution is 0.304. The fourth-order valence-electron chi connectivity index (χ4n) is 4.33. The van der Waals surface area contributed by atoms with Gasteiger partial charge in [0, 0.05) is 16.8 Å². The Morgan fingerprint density at radius 3 is 2.03 bits per heavy atom. The van der Waals surface area contributed by atoms with Crippen LogP contribution < -0.4 is 4.74 Å². The molecule has 0 aliphatic heterocycles. The van der Waals surface area contributed by atoms with E-state index in [0.29, 0.717) is 6.61 Å². The monoisotopic (exact) mass is 421 g/mol. The summed E-state index contributed by atoms with van der Waals surface area (Å²) in [6, 6.07) is 27.5. The van der Waals surface area contributed by atoms with E-state index in [4.69, 9.17) is 9.72 Å². The fourth-order valence-corrected chi connectivity index (χ4v) is 4.33. The predicted molar refractivity (Wildman–Crippen MR) is 134 cm³/mol. The minimum atomic E-state index is 0.513. The van der Waals surface area contributed by atoms with Gasteiger partial charge in [-0.05, 0) is 72.7 Å². The molecule has 0 radical (unpaired) electrons. The van der Waals surface area contributed by atoms with Crippen molar-refractivity contribution in [1.29, 1.82) is 0 Å². The molecule has 0 N–H and O–H groups in total. The van der Waals surface area contributed by atoms with E-state index >= 15 is 0 Å². The molecule has 162 valence electrons. The first-order valence-electron chi connectivity index (χ1n) is 11.5. The number of nitrogens with zero attached hydrogens (tertiary/aromatic N) is 1. The van der Waals surface area contributed by atoms with Crippen molar-refractivity contribution in [3.05, 3.63) is 107 Å². The first kappa shape index (κ1) is 21.8. The van der Waals surface area contributed by atoms with Gasteiger partial charge in [0.25, 0.3) is 0 Å². The molecule has 32 heavy (non-hydrogen) atoms. The molecule has 1 aromatic heterocycles. The number of hydrogen-bond acceptors (Lipinski definition) is 2. The molecule has 0 aliphatic rings. The second kappa shape index (κ2) is 9.82. The maximum absolute atomic E-state index is 6.21. The number of rotatable bonds is 7. The second-order valence-electron chi connectivity index (χ2n) is 8.23. The molecule has 2 heteroatoms. The lowest BCUT2D eigenvalue weighted by Gasteiger charge is -2.17. The van der Waals surface area contributed by atoms with Crippen molar-refractivity contribution in [3.63, 3.8) is 0 Å². The average molecular weight is 422 g/mol. The summed E-state index contributed by atoms with van der Waals surface area (Å²) in [5, 5.41) is 0. The van der Waals surface area contributed by atoms with Crippen LogP contribution in [0.3, 0.4) is 0 Å². The van der Waals surface area contributed by atoms with Crippen molar-refractivity contribution in [2.24, 2.45) is 0 Å². The Kier molecular flexibility index (Phi) is 6.70. The SMILES string of the molecule is CCc1cccc(CC)c1-c1cc(C)c(COc2cccc(-c3ccccc3)c2)c(C)n1. The normalized spacial score (nSPS) is 10.9. The van der Waals surface area contributed by atoms with E-state index in [1.165, 1.54) is 27.8 Å². The van der Waals surface area contributed by atoms with Gasteiger partial charge in [0.1, 0.15) is 12.4 Å². The van der Waals surface area contributed by atoms with Crippen molar-refractivity contribution >= 4 is 0 Å². The highest BCUT2D eigenvalue weighted by Gasteiger charge is 2.14. The molecule has 4 rings (SSSR count). The van der Waals surface area contributed by atoms with Gasteiger partial charge >= 0.3 is 0 Å². The zero-order valence-electron chi connectivity index (χ0n) is 19.5. The van der Waals surface area contributed by atoms with E-state index in [1.54, 1.807) is 0 Å². The molecule has 0 aliphatic carbocycles. The molecule has 3 aromatic carbocycles. The van der Waals surface area contributed by atoms with Crippen LogP contribution in [0.2, 0.25) is 0 Å². The third-order valence-electron chi connectivity index (χ3n) is 6.13. The highest BCUT2D eigenvalue weighted by atomic mass is 16.5.